The van der Waals surface area contributed by atoms with Crippen molar-refractivity contribution in [3.8, 4) is 0 Å². The summed E-state index contributed by atoms with van der Waals surface area (Å²) in [4.78, 5) is 5.17. The fourth-order valence-corrected chi connectivity index (χ4v) is 8.31. The summed E-state index contributed by atoms with van der Waals surface area (Å²) in [5.74, 6) is 1.69. The first-order valence-corrected chi connectivity index (χ1v) is 21.8. The molecule has 0 spiro atoms. The lowest BCUT2D eigenvalue weighted by molar-refractivity contribution is 0.321. The van der Waals surface area contributed by atoms with Crippen LogP contribution in [-0.2, 0) is 18.4 Å². The van der Waals surface area contributed by atoms with E-state index >= 15 is 0 Å². The first kappa shape index (κ1) is 42.1. The predicted octanol–water partition coefficient (Wildman–Crippen LogP) is 15.3. The molecule has 0 saturated carbocycles. The van der Waals surface area contributed by atoms with Crippen LogP contribution in [0.25, 0.3) is 0 Å². The van der Waals surface area contributed by atoms with Gasteiger partial charge in [-0.3, -0.25) is 0 Å². The van der Waals surface area contributed by atoms with Gasteiger partial charge in [0.1, 0.15) is 5.82 Å². The Balaban J connectivity index is 1.56. The fourth-order valence-electron chi connectivity index (χ4n) is 8.31. The molecular weight excluding hydrogens is 605 g/mol. The normalized spacial score (nSPS) is 13.4. The molecule has 2 nitrogen and oxygen atoms in total. The van der Waals surface area contributed by atoms with Crippen LogP contribution in [0.3, 0.4) is 0 Å². The molecule has 2 atom stereocenters. The molecule has 280 valence electrons. The monoisotopic (exact) mass is 683 g/mol. The average Bonchev–Trinajstić information content (AvgIpc) is 3.60. The van der Waals surface area contributed by atoms with Crippen molar-refractivity contribution in [2.45, 2.75) is 212 Å². The van der Waals surface area contributed by atoms with Crippen LogP contribution < -0.4 is 0 Å². The highest BCUT2D eigenvalue weighted by Crippen LogP contribution is 2.44. The van der Waals surface area contributed by atoms with E-state index in [-0.39, 0.29) is 5.41 Å². The average molecular weight is 683 g/mol. The van der Waals surface area contributed by atoms with E-state index < -0.39 is 0 Å². The second-order valence-electron chi connectivity index (χ2n) is 15.9. The van der Waals surface area contributed by atoms with Gasteiger partial charge in [0.15, 0.2) is 0 Å². The van der Waals surface area contributed by atoms with Gasteiger partial charge in [-0.2, -0.15) is 0 Å². The Morgan fingerprint density at radius 1 is 0.520 bits per heavy atom. The van der Waals surface area contributed by atoms with Gasteiger partial charge in [-0.05, 0) is 30.4 Å². The molecule has 2 aromatic carbocycles. The van der Waals surface area contributed by atoms with Crippen molar-refractivity contribution in [3.05, 3.63) is 90.0 Å². The van der Waals surface area contributed by atoms with Crippen LogP contribution in [0.2, 0.25) is 0 Å². The number of hydrogen-bond acceptors (Lipinski definition) is 1. The van der Waals surface area contributed by atoms with Crippen LogP contribution >= 0.6 is 0 Å². The van der Waals surface area contributed by atoms with Crippen LogP contribution in [0.1, 0.15) is 211 Å². The molecule has 0 bridgehead atoms. The summed E-state index contributed by atoms with van der Waals surface area (Å²) in [6.07, 6.45) is 41.5. The van der Waals surface area contributed by atoms with Gasteiger partial charge in [0.2, 0.25) is 0 Å². The maximum Gasteiger partial charge on any atom is 0.112 e. The van der Waals surface area contributed by atoms with Gasteiger partial charge < -0.3 is 4.57 Å². The molecule has 0 aliphatic rings. The lowest BCUT2D eigenvalue weighted by Crippen LogP contribution is -2.35. The Hall–Kier alpha value is -2.35. The Labute approximate surface area is 310 Å². The first-order valence-electron chi connectivity index (χ1n) is 21.8. The van der Waals surface area contributed by atoms with Gasteiger partial charge in [-0.25, -0.2) is 4.98 Å². The maximum atomic E-state index is 5.17. The van der Waals surface area contributed by atoms with E-state index in [1.165, 1.54) is 184 Å². The molecule has 2 unspecified atom stereocenters. The smallest absolute Gasteiger partial charge is 0.112 e. The fraction of sp³-hybridized carbons (Fsp3) is 0.688. The zero-order valence-electron chi connectivity index (χ0n) is 33.2. The Bertz CT molecular complexity index is 1170. The number of unbranched alkanes of at least 4 members (excludes halogenated alkanes) is 23. The van der Waals surface area contributed by atoms with Crippen molar-refractivity contribution in [2.24, 2.45) is 0 Å². The molecule has 2 heteroatoms. The molecule has 3 rings (SSSR count). The van der Waals surface area contributed by atoms with Crippen molar-refractivity contribution in [3.63, 3.8) is 0 Å². The van der Waals surface area contributed by atoms with E-state index in [4.69, 9.17) is 4.98 Å². The molecule has 0 fully saturated rings. The zero-order valence-corrected chi connectivity index (χ0v) is 33.2. The number of nitrogens with zero attached hydrogens (tertiary/aromatic N) is 2. The molecule has 0 N–H and O–H groups in total. The third-order valence-electron chi connectivity index (χ3n) is 11.5. The zero-order chi connectivity index (χ0) is 35.4. The molecular formula is C48H78N2. The van der Waals surface area contributed by atoms with E-state index in [0.717, 1.165) is 13.0 Å². The number of imidazole rings is 1. The van der Waals surface area contributed by atoms with Crippen molar-refractivity contribution < 1.29 is 0 Å². The van der Waals surface area contributed by atoms with Crippen LogP contribution in [0.15, 0.2) is 73.1 Å². The number of hydrogen-bond donors (Lipinski definition) is 0. The number of aromatic nitrogens is 2. The Kier molecular flexibility index (Phi) is 23.0. The van der Waals surface area contributed by atoms with E-state index in [9.17, 15) is 0 Å². The Morgan fingerprint density at radius 3 is 1.42 bits per heavy atom. The second kappa shape index (κ2) is 27.3. The molecule has 50 heavy (non-hydrogen) atoms. The van der Waals surface area contributed by atoms with Crippen molar-refractivity contribution in [1.29, 1.82) is 0 Å². The minimum Gasteiger partial charge on any atom is -0.335 e. The lowest BCUT2D eigenvalue weighted by atomic mass is 9.66. The van der Waals surface area contributed by atoms with Gasteiger partial charge in [-0.1, -0.05) is 236 Å². The number of aryl methyl sites for hydroxylation is 1. The van der Waals surface area contributed by atoms with Gasteiger partial charge in [0.05, 0.1) is 0 Å². The van der Waals surface area contributed by atoms with Gasteiger partial charge in [0, 0.05) is 30.3 Å². The van der Waals surface area contributed by atoms with E-state index in [2.05, 4.69) is 98.4 Å². The van der Waals surface area contributed by atoms with Crippen LogP contribution in [0.4, 0.5) is 0 Å². The molecule has 1 aromatic heterocycles. The molecule has 0 radical (unpaired) electrons. The van der Waals surface area contributed by atoms with Crippen molar-refractivity contribution in [1.82, 2.24) is 9.55 Å². The van der Waals surface area contributed by atoms with Crippen LogP contribution in [-0.4, -0.2) is 9.55 Å². The number of benzene rings is 2. The quantitative estimate of drug-likeness (QED) is 0.0599. The summed E-state index contributed by atoms with van der Waals surface area (Å²) >= 11 is 0. The summed E-state index contributed by atoms with van der Waals surface area (Å²) < 4.78 is 2.54. The summed E-state index contributed by atoms with van der Waals surface area (Å²) in [6.45, 7) is 8.24. The lowest BCUT2D eigenvalue weighted by Gasteiger charge is -2.39. The Morgan fingerprint density at radius 2 is 0.940 bits per heavy atom. The van der Waals surface area contributed by atoms with Gasteiger partial charge in [-0.15, -0.1) is 0 Å². The first-order chi connectivity index (χ1) is 24.7. The largest absolute Gasteiger partial charge is 0.335 e. The van der Waals surface area contributed by atoms with E-state index in [0.29, 0.717) is 5.92 Å². The third-order valence-corrected chi connectivity index (χ3v) is 11.5. The minimum atomic E-state index is -0.0284. The van der Waals surface area contributed by atoms with Gasteiger partial charge in [0.25, 0.3) is 0 Å². The third kappa shape index (κ3) is 16.8. The van der Waals surface area contributed by atoms with Crippen molar-refractivity contribution >= 4 is 0 Å². The van der Waals surface area contributed by atoms with Gasteiger partial charge >= 0.3 is 0 Å². The number of rotatable bonds is 32. The van der Waals surface area contributed by atoms with Crippen LogP contribution in [0.5, 0.6) is 0 Å². The standard InChI is InChI=1S/C48H78N2/c1-4-6-8-10-12-14-16-17-18-19-21-23-25-33-39-46(48(3,45-37-31-28-32-38-45)43-44-35-29-27-30-36-44)47-49-40-42-50(47)41-34-26-24-22-20-15-13-11-9-7-5-2/h27-32,35-38,40,42,46H,4-26,33-34,39,41,43H2,1-3H3. The molecule has 1 heterocycles. The van der Waals surface area contributed by atoms with E-state index in [1.807, 2.05) is 0 Å². The summed E-state index contributed by atoms with van der Waals surface area (Å²) in [5.41, 5.74) is 2.84. The highest BCUT2D eigenvalue weighted by molar-refractivity contribution is 5.33. The maximum absolute atomic E-state index is 5.17. The SMILES string of the molecule is CCCCCCCCCCCCCCCCC(c1nccn1CCCCCCCCCCCCC)C(C)(Cc1ccccc1)c1ccccc1. The molecule has 0 amide bonds. The summed E-state index contributed by atoms with van der Waals surface area (Å²) in [5, 5.41) is 0. The molecule has 0 aliphatic heterocycles. The van der Waals surface area contributed by atoms with Crippen molar-refractivity contribution in [2.75, 3.05) is 0 Å². The molecule has 0 aliphatic carbocycles. The topological polar surface area (TPSA) is 17.8 Å². The summed E-state index contributed by atoms with van der Waals surface area (Å²) in [6, 6.07) is 22.6. The molecule has 3 aromatic rings. The van der Waals surface area contributed by atoms with E-state index in [1.54, 1.807) is 0 Å². The molecule has 0 saturated heterocycles. The minimum absolute atomic E-state index is 0.0284. The second-order valence-corrected chi connectivity index (χ2v) is 15.9. The van der Waals surface area contributed by atoms with Crippen LogP contribution in [0, 0.1) is 0 Å². The highest BCUT2D eigenvalue weighted by atomic mass is 15.1. The predicted molar refractivity (Wildman–Crippen MR) is 220 cm³/mol. The highest BCUT2D eigenvalue weighted by Gasteiger charge is 2.39. The summed E-state index contributed by atoms with van der Waals surface area (Å²) in [7, 11) is 0.